The number of rotatable bonds is 4. The molecule has 7 nitrogen and oxygen atoms in total. The first-order chi connectivity index (χ1) is 13.3. The number of nitrogens with zero attached hydrogens (tertiary/aromatic N) is 4. The molecule has 0 fully saturated rings. The number of aromatic amines is 1. The van der Waals surface area contributed by atoms with Gasteiger partial charge in [0.1, 0.15) is 16.7 Å². The van der Waals surface area contributed by atoms with Crippen molar-refractivity contribution in [2.24, 2.45) is 0 Å². The summed E-state index contributed by atoms with van der Waals surface area (Å²) in [4.78, 5) is 22.1. The van der Waals surface area contributed by atoms with Gasteiger partial charge in [0.25, 0.3) is 5.56 Å². The van der Waals surface area contributed by atoms with Crippen LogP contribution in [0.1, 0.15) is 39.0 Å². The zero-order valence-electron chi connectivity index (χ0n) is 16.9. The molecular formula is C21H25N5O2. The Hall–Kier alpha value is -3.09. The molecule has 146 valence electrons. The molecule has 0 atom stereocenters. The minimum absolute atomic E-state index is 0.185. The van der Waals surface area contributed by atoms with Gasteiger partial charge in [0.05, 0.1) is 11.7 Å². The largest absolute Gasteiger partial charge is 0.461 e. The number of furan rings is 1. The fraction of sp³-hybridized carbons (Fsp3) is 0.381. The molecule has 0 aliphatic carbocycles. The Morgan fingerprint density at radius 3 is 2.68 bits per heavy atom. The molecule has 0 unspecified atom stereocenters. The molecule has 1 N–H and O–H groups in total. The van der Waals surface area contributed by atoms with Crippen LogP contribution in [0.3, 0.4) is 0 Å². The van der Waals surface area contributed by atoms with Gasteiger partial charge in [-0.05, 0) is 26.8 Å². The minimum Gasteiger partial charge on any atom is -0.461 e. The van der Waals surface area contributed by atoms with Crippen molar-refractivity contribution in [3.8, 4) is 0 Å². The lowest BCUT2D eigenvalue weighted by Crippen LogP contribution is -2.26. The molecule has 1 aromatic carbocycles. The van der Waals surface area contributed by atoms with Gasteiger partial charge in [0.2, 0.25) is 5.95 Å². The molecule has 0 spiro atoms. The van der Waals surface area contributed by atoms with Gasteiger partial charge in [-0.15, -0.1) is 0 Å². The van der Waals surface area contributed by atoms with Crippen LogP contribution in [0.4, 0.5) is 5.95 Å². The average molecular weight is 379 g/mol. The van der Waals surface area contributed by atoms with Gasteiger partial charge < -0.3 is 9.32 Å². The number of benzene rings is 1. The van der Waals surface area contributed by atoms with Crippen LogP contribution in [0, 0.1) is 0 Å². The highest BCUT2D eigenvalue weighted by Gasteiger charge is 2.21. The molecule has 3 heterocycles. The van der Waals surface area contributed by atoms with E-state index in [1.54, 1.807) is 10.9 Å². The number of hydrogen-bond donors (Lipinski definition) is 1. The molecule has 4 rings (SSSR count). The summed E-state index contributed by atoms with van der Waals surface area (Å²) in [6.45, 7) is 8.78. The van der Waals surface area contributed by atoms with E-state index in [-0.39, 0.29) is 11.1 Å². The fourth-order valence-electron chi connectivity index (χ4n) is 3.50. The maximum Gasteiger partial charge on any atom is 0.263 e. The molecule has 0 aliphatic heterocycles. The zero-order chi connectivity index (χ0) is 20.1. The molecule has 0 saturated heterocycles. The second-order valence-electron chi connectivity index (χ2n) is 8.06. The summed E-state index contributed by atoms with van der Waals surface area (Å²) in [6, 6.07) is 8.02. The van der Waals surface area contributed by atoms with Crippen molar-refractivity contribution in [2.75, 3.05) is 11.9 Å². The van der Waals surface area contributed by atoms with E-state index in [2.05, 4.69) is 23.1 Å². The first-order valence-corrected chi connectivity index (χ1v) is 9.48. The molecule has 0 saturated carbocycles. The van der Waals surface area contributed by atoms with Gasteiger partial charge in [-0.2, -0.15) is 10.1 Å². The summed E-state index contributed by atoms with van der Waals surface area (Å²) in [7, 11) is 1.92. The predicted octanol–water partition coefficient (Wildman–Crippen LogP) is 3.82. The van der Waals surface area contributed by atoms with E-state index < -0.39 is 0 Å². The summed E-state index contributed by atoms with van der Waals surface area (Å²) >= 11 is 0. The van der Waals surface area contributed by atoms with Gasteiger partial charge in [-0.25, -0.2) is 4.68 Å². The maximum atomic E-state index is 12.6. The van der Waals surface area contributed by atoms with E-state index in [1.807, 2.05) is 50.9 Å². The van der Waals surface area contributed by atoms with Crippen molar-refractivity contribution in [3.05, 3.63) is 52.1 Å². The maximum absolute atomic E-state index is 12.6. The SMILES string of the molecule is CCc1oc2ccccc2c1CN(C)c1nc2c(cnn2C(C)(C)C)c(=O)[nH]1. The standard InChI is InChI=1S/C21H25N5O2/c1-6-16-15(13-9-7-8-10-17(13)28-16)12-25(5)20-23-18-14(19(27)24-20)11-22-26(18)21(2,3)4/h7-11H,6,12H2,1-5H3,(H,23,24,27). The highest BCUT2D eigenvalue weighted by atomic mass is 16.3. The highest BCUT2D eigenvalue weighted by molar-refractivity contribution is 5.82. The summed E-state index contributed by atoms with van der Waals surface area (Å²) in [5.74, 6) is 1.46. The first kappa shape index (κ1) is 18.3. The first-order valence-electron chi connectivity index (χ1n) is 9.48. The molecule has 28 heavy (non-hydrogen) atoms. The van der Waals surface area contributed by atoms with Gasteiger partial charge in [-0.3, -0.25) is 9.78 Å². The third kappa shape index (κ3) is 2.96. The van der Waals surface area contributed by atoms with Gasteiger partial charge in [0.15, 0.2) is 5.65 Å². The third-order valence-corrected chi connectivity index (χ3v) is 4.92. The van der Waals surface area contributed by atoms with Crippen LogP contribution in [-0.4, -0.2) is 26.8 Å². The second kappa shape index (κ2) is 6.51. The van der Waals surface area contributed by atoms with Crippen molar-refractivity contribution < 1.29 is 4.42 Å². The Kier molecular flexibility index (Phi) is 4.25. The van der Waals surface area contributed by atoms with Crippen LogP contribution >= 0.6 is 0 Å². The molecule has 0 amide bonds. The van der Waals surface area contributed by atoms with E-state index >= 15 is 0 Å². The average Bonchev–Trinajstić information content (AvgIpc) is 3.23. The number of fused-ring (bicyclic) bond motifs is 2. The smallest absolute Gasteiger partial charge is 0.263 e. The molecule has 7 heteroatoms. The lowest BCUT2D eigenvalue weighted by molar-refractivity contribution is 0.366. The minimum atomic E-state index is -0.269. The zero-order valence-corrected chi connectivity index (χ0v) is 16.9. The van der Waals surface area contributed by atoms with E-state index in [0.717, 1.165) is 28.7 Å². The van der Waals surface area contributed by atoms with Crippen LogP contribution < -0.4 is 10.5 Å². The number of aryl methyl sites for hydroxylation is 1. The number of para-hydroxylation sites is 1. The van der Waals surface area contributed by atoms with Crippen LogP contribution in [-0.2, 0) is 18.5 Å². The Morgan fingerprint density at radius 1 is 1.21 bits per heavy atom. The summed E-state index contributed by atoms with van der Waals surface area (Å²) in [5, 5.41) is 5.96. The van der Waals surface area contributed by atoms with Crippen molar-refractivity contribution in [1.29, 1.82) is 0 Å². The van der Waals surface area contributed by atoms with Gasteiger partial charge in [0, 0.05) is 31.0 Å². The quantitative estimate of drug-likeness (QED) is 0.583. The Labute approximate surface area is 163 Å². The van der Waals surface area contributed by atoms with Crippen molar-refractivity contribution in [3.63, 3.8) is 0 Å². The van der Waals surface area contributed by atoms with E-state index in [0.29, 0.717) is 23.5 Å². The van der Waals surface area contributed by atoms with Crippen LogP contribution in [0.25, 0.3) is 22.0 Å². The fourth-order valence-corrected chi connectivity index (χ4v) is 3.50. The Bertz CT molecular complexity index is 1210. The number of anilines is 1. The highest BCUT2D eigenvalue weighted by Crippen LogP contribution is 2.28. The van der Waals surface area contributed by atoms with Crippen LogP contribution in [0.15, 0.2) is 39.7 Å². The number of hydrogen-bond acceptors (Lipinski definition) is 5. The molecule has 0 aliphatic rings. The molecule has 3 aromatic heterocycles. The number of H-pyrrole nitrogens is 1. The third-order valence-electron chi connectivity index (χ3n) is 4.92. The summed E-state index contributed by atoms with van der Waals surface area (Å²) < 4.78 is 7.79. The molecule has 4 aromatic rings. The molecular weight excluding hydrogens is 354 g/mol. The van der Waals surface area contributed by atoms with Crippen LogP contribution in [0.5, 0.6) is 0 Å². The topological polar surface area (TPSA) is 79.9 Å². The second-order valence-corrected chi connectivity index (χ2v) is 8.06. The monoisotopic (exact) mass is 379 g/mol. The molecule has 0 bridgehead atoms. The lowest BCUT2D eigenvalue weighted by Gasteiger charge is -2.21. The number of nitrogens with one attached hydrogen (secondary N) is 1. The van der Waals surface area contributed by atoms with Crippen LogP contribution in [0.2, 0.25) is 0 Å². The molecule has 0 radical (unpaired) electrons. The lowest BCUT2D eigenvalue weighted by atomic mass is 10.1. The Morgan fingerprint density at radius 2 is 1.96 bits per heavy atom. The number of aromatic nitrogens is 4. The van der Waals surface area contributed by atoms with Crippen molar-refractivity contribution >= 4 is 28.0 Å². The van der Waals surface area contributed by atoms with E-state index in [9.17, 15) is 4.79 Å². The van der Waals surface area contributed by atoms with Gasteiger partial charge >= 0.3 is 0 Å². The Balaban J connectivity index is 1.78. The van der Waals surface area contributed by atoms with Crippen molar-refractivity contribution in [2.45, 2.75) is 46.2 Å². The van der Waals surface area contributed by atoms with E-state index in [4.69, 9.17) is 9.40 Å². The van der Waals surface area contributed by atoms with Gasteiger partial charge in [-0.1, -0.05) is 25.1 Å². The predicted molar refractivity (Wildman–Crippen MR) is 111 cm³/mol. The normalized spacial score (nSPS) is 12.2. The van der Waals surface area contributed by atoms with E-state index in [1.165, 1.54) is 0 Å². The summed E-state index contributed by atoms with van der Waals surface area (Å²) in [5.41, 5.74) is 2.13. The summed E-state index contributed by atoms with van der Waals surface area (Å²) in [6.07, 6.45) is 2.38. The van der Waals surface area contributed by atoms with Crippen molar-refractivity contribution in [1.82, 2.24) is 19.7 Å².